The summed E-state index contributed by atoms with van der Waals surface area (Å²) in [7, 11) is 0. The fourth-order valence-electron chi connectivity index (χ4n) is 2.57. The Bertz CT molecular complexity index is 1150. The van der Waals surface area contributed by atoms with Gasteiger partial charge in [-0.25, -0.2) is 4.98 Å². The van der Waals surface area contributed by atoms with Crippen LogP contribution in [0, 0.1) is 0 Å². The van der Waals surface area contributed by atoms with Crippen molar-refractivity contribution in [2.75, 3.05) is 5.32 Å². The Labute approximate surface area is 165 Å². The number of anilines is 1. The molecule has 2 heterocycles. The number of hydrogen-bond acceptors (Lipinski definition) is 5. The summed E-state index contributed by atoms with van der Waals surface area (Å²) in [4.78, 5) is 16.4. The number of furan rings is 1. The molecule has 2 N–H and O–H groups in total. The smallest absolute Gasteiger partial charge is 0.250 e. The molecule has 4 aromatic rings. The molecule has 0 aliphatic carbocycles. The molecule has 4 rings (SSSR count). The molecule has 0 atom stereocenters. The first-order valence-electron chi connectivity index (χ1n) is 8.47. The average Bonchev–Trinajstić information content (AvgIpc) is 3.36. The SMILES string of the molecule is O=C(/C=C/c1ccco1)NC(=S)Nc1ccc2oc(-c3ccccc3)nc2c1. The monoisotopic (exact) mass is 389 g/mol. The highest BCUT2D eigenvalue weighted by atomic mass is 32.1. The molecule has 0 unspecified atom stereocenters. The molecule has 0 fully saturated rings. The minimum atomic E-state index is -0.359. The van der Waals surface area contributed by atoms with E-state index in [9.17, 15) is 4.79 Å². The van der Waals surface area contributed by atoms with Gasteiger partial charge in [-0.05, 0) is 60.8 Å². The van der Waals surface area contributed by atoms with E-state index in [1.165, 1.54) is 12.3 Å². The van der Waals surface area contributed by atoms with E-state index < -0.39 is 0 Å². The zero-order valence-corrected chi connectivity index (χ0v) is 15.4. The van der Waals surface area contributed by atoms with Gasteiger partial charge in [0.1, 0.15) is 11.3 Å². The summed E-state index contributed by atoms with van der Waals surface area (Å²) in [6.45, 7) is 0. The second-order valence-electron chi connectivity index (χ2n) is 5.86. The van der Waals surface area contributed by atoms with Gasteiger partial charge in [0.25, 0.3) is 0 Å². The lowest BCUT2D eigenvalue weighted by Crippen LogP contribution is -2.32. The molecule has 0 aliphatic rings. The summed E-state index contributed by atoms with van der Waals surface area (Å²) < 4.78 is 10.9. The van der Waals surface area contributed by atoms with Crippen LogP contribution in [0.5, 0.6) is 0 Å². The van der Waals surface area contributed by atoms with E-state index in [0.717, 1.165) is 5.56 Å². The number of nitrogens with one attached hydrogen (secondary N) is 2. The Kier molecular flexibility index (Phi) is 4.99. The van der Waals surface area contributed by atoms with Crippen molar-refractivity contribution in [1.29, 1.82) is 0 Å². The zero-order valence-electron chi connectivity index (χ0n) is 14.6. The minimum Gasteiger partial charge on any atom is -0.465 e. The van der Waals surface area contributed by atoms with Gasteiger partial charge in [-0.2, -0.15) is 0 Å². The number of oxazole rings is 1. The zero-order chi connectivity index (χ0) is 19.3. The highest BCUT2D eigenvalue weighted by Gasteiger charge is 2.09. The van der Waals surface area contributed by atoms with Crippen molar-refractivity contribution >= 4 is 46.1 Å². The lowest BCUT2D eigenvalue weighted by Gasteiger charge is -2.07. The maximum Gasteiger partial charge on any atom is 0.250 e. The summed E-state index contributed by atoms with van der Waals surface area (Å²) in [6, 6.07) is 18.6. The predicted octanol–water partition coefficient (Wildman–Crippen LogP) is 4.61. The maximum atomic E-state index is 11.9. The van der Waals surface area contributed by atoms with Gasteiger partial charge < -0.3 is 14.2 Å². The van der Waals surface area contributed by atoms with Crippen LogP contribution in [-0.2, 0) is 4.79 Å². The van der Waals surface area contributed by atoms with Crippen molar-refractivity contribution in [3.05, 3.63) is 78.8 Å². The van der Waals surface area contributed by atoms with Gasteiger partial charge in [0.15, 0.2) is 10.7 Å². The first kappa shape index (κ1) is 17.7. The Morgan fingerprint density at radius 1 is 1.07 bits per heavy atom. The molecule has 0 bridgehead atoms. The van der Waals surface area contributed by atoms with Crippen LogP contribution in [-0.4, -0.2) is 16.0 Å². The van der Waals surface area contributed by atoms with Crippen LogP contribution in [0.3, 0.4) is 0 Å². The first-order valence-corrected chi connectivity index (χ1v) is 8.88. The number of hydrogen-bond donors (Lipinski definition) is 2. The Morgan fingerprint density at radius 3 is 2.71 bits per heavy atom. The number of nitrogens with zero attached hydrogens (tertiary/aromatic N) is 1. The molecule has 6 nitrogen and oxygen atoms in total. The maximum absolute atomic E-state index is 11.9. The molecular formula is C21H15N3O3S. The Hall–Kier alpha value is -3.71. The minimum absolute atomic E-state index is 0.181. The summed E-state index contributed by atoms with van der Waals surface area (Å²) >= 11 is 5.19. The second-order valence-corrected chi connectivity index (χ2v) is 6.27. The molecule has 0 aliphatic heterocycles. The van der Waals surface area contributed by atoms with E-state index in [1.807, 2.05) is 36.4 Å². The van der Waals surface area contributed by atoms with Crippen LogP contribution in [0.25, 0.3) is 28.6 Å². The number of amides is 1. The molecule has 1 amide bonds. The number of carbonyl (C=O) groups excluding carboxylic acids is 1. The van der Waals surface area contributed by atoms with Crippen LogP contribution in [0.2, 0.25) is 0 Å². The van der Waals surface area contributed by atoms with E-state index in [1.54, 1.807) is 30.3 Å². The van der Waals surface area contributed by atoms with Crippen LogP contribution in [0.15, 0.2) is 81.8 Å². The van der Waals surface area contributed by atoms with Crippen molar-refractivity contribution in [3.63, 3.8) is 0 Å². The molecule has 0 spiro atoms. The second kappa shape index (κ2) is 7.89. The number of carbonyl (C=O) groups is 1. The molecular weight excluding hydrogens is 374 g/mol. The van der Waals surface area contributed by atoms with Gasteiger partial charge in [-0.15, -0.1) is 0 Å². The summed E-state index contributed by atoms with van der Waals surface area (Å²) in [6.07, 6.45) is 4.44. The third-order valence-electron chi connectivity index (χ3n) is 3.85. The average molecular weight is 389 g/mol. The molecule has 138 valence electrons. The fraction of sp³-hybridized carbons (Fsp3) is 0. The molecule has 0 saturated heterocycles. The number of aromatic nitrogens is 1. The molecule has 7 heteroatoms. The lowest BCUT2D eigenvalue weighted by molar-refractivity contribution is -0.115. The number of rotatable bonds is 4. The number of benzene rings is 2. The van der Waals surface area contributed by atoms with Crippen LogP contribution in [0.4, 0.5) is 5.69 Å². The molecule has 28 heavy (non-hydrogen) atoms. The fourth-order valence-corrected chi connectivity index (χ4v) is 2.79. The summed E-state index contributed by atoms with van der Waals surface area (Å²) in [5, 5.41) is 5.73. The van der Waals surface area contributed by atoms with Gasteiger partial charge in [0, 0.05) is 17.3 Å². The van der Waals surface area contributed by atoms with Crippen molar-refractivity contribution < 1.29 is 13.6 Å². The van der Waals surface area contributed by atoms with Gasteiger partial charge >= 0.3 is 0 Å². The van der Waals surface area contributed by atoms with Gasteiger partial charge in [-0.1, -0.05) is 18.2 Å². The normalized spacial score (nSPS) is 11.0. The first-order chi connectivity index (χ1) is 13.7. The highest BCUT2D eigenvalue weighted by molar-refractivity contribution is 7.80. The Balaban J connectivity index is 1.42. The van der Waals surface area contributed by atoms with E-state index in [4.69, 9.17) is 21.1 Å². The summed E-state index contributed by atoms with van der Waals surface area (Å²) in [5.41, 5.74) is 2.96. The standard InChI is InChI=1S/C21H15N3O3S/c25-19(11-9-16-7-4-12-26-16)24-21(28)22-15-8-10-18-17(13-15)23-20(27-18)14-5-2-1-3-6-14/h1-13H,(H2,22,24,25,28)/b11-9+. The quantitative estimate of drug-likeness (QED) is 0.392. The van der Waals surface area contributed by atoms with Crippen molar-refractivity contribution in [3.8, 4) is 11.5 Å². The lowest BCUT2D eigenvalue weighted by atomic mass is 10.2. The van der Waals surface area contributed by atoms with Crippen LogP contribution in [0.1, 0.15) is 5.76 Å². The Morgan fingerprint density at radius 2 is 1.93 bits per heavy atom. The molecule has 0 saturated carbocycles. The molecule has 0 radical (unpaired) electrons. The van der Waals surface area contributed by atoms with Gasteiger partial charge in [0.05, 0.1) is 6.26 Å². The third kappa shape index (κ3) is 4.16. The number of fused-ring (bicyclic) bond motifs is 1. The van der Waals surface area contributed by atoms with Crippen LogP contribution < -0.4 is 10.6 Å². The third-order valence-corrected chi connectivity index (χ3v) is 4.05. The van der Waals surface area contributed by atoms with E-state index in [0.29, 0.717) is 28.4 Å². The van der Waals surface area contributed by atoms with Gasteiger partial charge in [-0.3, -0.25) is 10.1 Å². The molecule has 2 aromatic carbocycles. The predicted molar refractivity (Wildman–Crippen MR) is 112 cm³/mol. The van der Waals surface area contributed by atoms with Crippen molar-refractivity contribution in [1.82, 2.24) is 10.3 Å². The topological polar surface area (TPSA) is 80.3 Å². The highest BCUT2D eigenvalue weighted by Crippen LogP contribution is 2.26. The van der Waals surface area contributed by atoms with Gasteiger partial charge in [0.2, 0.25) is 11.8 Å². The van der Waals surface area contributed by atoms with E-state index in [2.05, 4.69) is 15.6 Å². The van der Waals surface area contributed by atoms with Crippen molar-refractivity contribution in [2.45, 2.75) is 0 Å². The summed E-state index contributed by atoms with van der Waals surface area (Å²) in [5.74, 6) is 0.772. The van der Waals surface area contributed by atoms with Crippen molar-refractivity contribution in [2.24, 2.45) is 0 Å². The van der Waals surface area contributed by atoms with Crippen LogP contribution >= 0.6 is 12.2 Å². The number of thiocarbonyl (C=S) groups is 1. The van der Waals surface area contributed by atoms with E-state index >= 15 is 0 Å². The molecule has 2 aromatic heterocycles. The van der Waals surface area contributed by atoms with E-state index in [-0.39, 0.29) is 11.0 Å². The largest absolute Gasteiger partial charge is 0.465 e.